The van der Waals surface area contributed by atoms with Crippen LogP contribution in [0.15, 0.2) is 70.1 Å². The van der Waals surface area contributed by atoms with Crippen LogP contribution in [-0.4, -0.2) is 40.4 Å². The molecule has 0 amide bonds. The highest BCUT2D eigenvalue weighted by Gasteiger charge is 2.19. The lowest BCUT2D eigenvalue weighted by molar-refractivity contribution is 0.178. The molecule has 2 aromatic heterocycles. The van der Waals surface area contributed by atoms with Crippen molar-refractivity contribution in [1.82, 2.24) is 20.0 Å². The molecule has 0 bridgehead atoms. The number of nitrogens with zero attached hydrogens (tertiary/aromatic N) is 3. The van der Waals surface area contributed by atoms with E-state index in [0.29, 0.717) is 12.6 Å². The molecule has 0 saturated carbocycles. The first-order valence-corrected chi connectivity index (χ1v) is 9.90. The van der Waals surface area contributed by atoms with E-state index in [2.05, 4.69) is 15.3 Å². The second-order valence-electron chi connectivity index (χ2n) is 7.23. The Morgan fingerprint density at radius 2 is 1.86 bits per heavy atom. The summed E-state index contributed by atoms with van der Waals surface area (Å²) < 4.78 is 6.99. The van der Waals surface area contributed by atoms with Gasteiger partial charge in [-0.3, -0.25) is 9.69 Å². The van der Waals surface area contributed by atoms with Crippen LogP contribution in [0.25, 0.3) is 11.3 Å². The van der Waals surface area contributed by atoms with E-state index < -0.39 is 0 Å². The Morgan fingerprint density at radius 3 is 2.61 bits per heavy atom. The Morgan fingerprint density at radius 1 is 1.04 bits per heavy atom. The lowest BCUT2D eigenvalue weighted by Gasteiger charge is -2.31. The summed E-state index contributed by atoms with van der Waals surface area (Å²) in [6, 6.07) is 17.8. The normalized spacial score (nSPS) is 15.7. The Kier molecular flexibility index (Phi) is 5.99. The summed E-state index contributed by atoms with van der Waals surface area (Å²) in [4.78, 5) is 14.6. The number of nitrogens with one attached hydrogen (secondary N) is 1. The van der Waals surface area contributed by atoms with Crippen LogP contribution in [0.1, 0.15) is 18.6 Å². The predicted molar refractivity (Wildman–Crippen MR) is 109 cm³/mol. The lowest BCUT2D eigenvalue weighted by atomic mass is 10.0. The minimum atomic E-state index is -0.0604. The average molecular weight is 378 g/mol. The summed E-state index contributed by atoms with van der Waals surface area (Å²) in [5.41, 5.74) is 1.79. The molecule has 6 heteroatoms. The van der Waals surface area contributed by atoms with E-state index in [9.17, 15) is 4.79 Å². The van der Waals surface area contributed by atoms with Gasteiger partial charge in [0.2, 0.25) is 0 Å². The van der Waals surface area contributed by atoms with Crippen LogP contribution in [0, 0.1) is 0 Å². The molecular weight excluding hydrogens is 352 g/mol. The SMILES string of the molecule is O=c1ccc(-c2ccccc2)nn1CCNC1CCN(Cc2ccco2)CC1. The maximum Gasteiger partial charge on any atom is 0.266 e. The predicted octanol–water partition coefficient (Wildman–Crippen LogP) is 2.76. The molecule has 0 aliphatic carbocycles. The van der Waals surface area contributed by atoms with Gasteiger partial charge in [-0.1, -0.05) is 30.3 Å². The third-order valence-electron chi connectivity index (χ3n) is 5.24. The van der Waals surface area contributed by atoms with Crippen molar-refractivity contribution in [3.05, 3.63) is 77.0 Å². The number of rotatable bonds is 7. The van der Waals surface area contributed by atoms with Crippen LogP contribution in [0.5, 0.6) is 0 Å². The summed E-state index contributed by atoms with van der Waals surface area (Å²) in [7, 11) is 0. The molecule has 0 radical (unpaired) electrons. The van der Waals surface area contributed by atoms with Gasteiger partial charge in [-0.25, -0.2) is 4.68 Å². The van der Waals surface area contributed by atoms with Gasteiger partial charge >= 0.3 is 0 Å². The van der Waals surface area contributed by atoms with Gasteiger partial charge in [0.05, 0.1) is 25.0 Å². The Balaban J connectivity index is 1.26. The minimum Gasteiger partial charge on any atom is -0.468 e. The third kappa shape index (κ3) is 4.77. The van der Waals surface area contributed by atoms with Crippen LogP contribution in [0.2, 0.25) is 0 Å². The van der Waals surface area contributed by atoms with E-state index in [1.807, 2.05) is 42.5 Å². The second kappa shape index (κ2) is 8.99. The van der Waals surface area contributed by atoms with Crippen LogP contribution in [0.4, 0.5) is 0 Å². The third-order valence-corrected chi connectivity index (χ3v) is 5.24. The molecule has 0 atom stereocenters. The van der Waals surface area contributed by atoms with Gasteiger partial charge < -0.3 is 9.73 Å². The summed E-state index contributed by atoms with van der Waals surface area (Å²) in [6.45, 7) is 4.31. The fourth-order valence-corrected chi connectivity index (χ4v) is 3.66. The molecule has 1 saturated heterocycles. The molecular formula is C22H26N4O2. The molecule has 1 aliphatic heterocycles. The number of benzene rings is 1. The first-order chi connectivity index (χ1) is 13.8. The van der Waals surface area contributed by atoms with Crippen molar-refractivity contribution in [3.63, 3.8) is 0 Å². The maximum atomic E-state index is 12.1. The highest BCUT2D eigenvalue weighted by atomic mass is 16.3. The van der Waals surface area contributed by atoms with E-state index in [-0.39, 0.29) is 5.56 Å². The van der Waals surface area contributed by atoms with Gasteiger partial charge in [-0.05, 0) is 31.0 Å². The van der Waals surface area contributed by atoms with E-state index in [0.717, 1.165) is 56.0 Å². The van der Waals surface area contributed by atoms with Gasteiger partial charge in [0.15, 0.2) is 0 Å². The molecule has 1 aromatic carbocycles. The zero-order valence-corrected chi connectivity index (χ0v) is 16.0. The zero-order valence-electron chi connectivity index (χ0n) is 16.0. The molecule has 3 heterocycles. The molecule has 28 heavy (non-hydrogen) atoms. The highest BCUT2D eigenvalue weighted by Crippen LogP contribution is 2.15. The fourth-order valence-electron chi connectivity index (χ4n) is 3.66. The average Bonchev–Trinajstić information content (AvgIpc) is 3.24. The Labute approximate surface area is 164 Å². The molecule has 1 N–H and O–H groups in total. The lowest BCUT2D eigenvalue weighted by Crippen LogP contribution is -2.43. The molecule has 0 unspecified atom stereocenters. The van der Waals surface area contributed by atoms with Crippen molar-refractivity contribution in [2.24, 2.45) is 0 Å². The van der Waals surface area contributed by atoms with Crippen LogP contribution < -0.4 is 10.9 Å². The molecule has 3 aromatic rings. The van der Waals surface area contributed by atoms with Gasteiger partial charge in [-0.15, -0.1) is 0 Å². The van der Waals surface area contributed by atoms with Crippen LogP contribution in [-0.2, 0) is 13.1 Å². The van der Waals surface area contributed by atoms with Crippen LogP contribution in [0.3, 0.4) is 0 Å². The highest BCUT2D eigenvalue weighted by molar-refractivity contribution is 5.57. The molecule has 1 aliphatic rings. The minimum absolute atomic E-state index is 0.0604. The van der Waals surface area contributed by atoms with Gasteiger partial charge in [0.1, 0.15) is 5.76 Å². The quantitative estimate of drug-likeness (QED) is 0.685. The fraction of sp³-hybridized carbons (Fsp3) is 0.364. The van der Waals surface area contributed by atoms with E-state index in [4.69, 9.17) is 4.42 Å². The van der Waals surface area contributed by atoms with Gasteiger partial charge in [-0.2, -0.15) is 5.10 Å². The first-order valence-electron chi connectivity index (χ1n) is 9.90. The molecule has 4 rings (SSSR count). The van der Waals surface area contributed by atoms with Crippen molar-refractivity contribution in [2.45, 2.75) is 32.0 Å². The van der Waals surface area contributed by atoms with Crippen molar-refractivity contribution in [2.75, 3.05) is 19.6 Å². The molecule has 6 nitrogen and oxygen atoms in total. The van der Waals surface area contributed by atoms with Crippen molar-refractivity contribution in [3.8, 4) is 11.3 Å². The molecule has 146 valence electrons. The monoisotopic (exact) mass is 378 g/mol. The number of furan rings is 1. The number of piperidine rings is 1. The topological polar surface area (TPSA) is 63.3 Å². The number of hydrogen-bond donors (Lipinski definition) is 1. The smallest absolute Gasteiger partial charge is 0.266 e. The first kappa shape index (κ1) is 18.7. The Bertz CT molecular complexity index is 913. The largest absolute Gasteiger partial charge is 0.468 e. The van der Waals surface area contributed by atoms with Crippen molar-refractivity contribution >= 4 is 0 Å². The Hall–Kier alpha value is -2.70. The van der Waals surface area contributed by atoms with Crippen molar-refractivity contribution in [1.29, 1.82) is 0 Å². The summed E-state index contributed by atoms with van der Waals surface area (Å²) >= 11 is 0. The second-order valence-corrected chi connectivity index (χ2v) is 7.23. The molecule has 0 spiro atoms. The standard InChI is InChI=1S/C22H26N4O2/c27-22-9-8-21(18-5-2-1-3-6-18)24-26(22)15-12-23-19-10-13-25(14-11-19)17-20-7-4-16-28-20/h1-9,16,19,23H,10-15,17H2. The van der Waals surface area contributed by atoms with E-state index in [1.54, 1.807) is 23.1 Å². The maximum absolute atomic E-state index is 12.1. The van der Waals surface area contributed by atoms with Gasteiger partial charge in [0.25, 0.3) is 5.56 Å². The molecule has 1 fully saturated rings. The number of likely N-dealkylation sites (tertiary alicyclic amines) is 1. The number of aromatic nitrogens is 2. The summed E-state index contributed by atoms with van der Waals surface area (Å²) in [6.07, 6.45) is 3.94. The zero-order chi connectivity index (χ0) is 19.2. The summed E-state index contributed by atoms with van der Waals surface area (Å²) in [5.74, 6) is 1.02. The van der Waals surface area contributed by atoms with Crippen LogP contribution >= 0.6 is 0 Å². The van der Waals surface area contributed by atoms with Crippen molar-refractivity contribution < 1.29 is 4.42 Å². The number of hydrogen-bond acceptors (Lipinski definition) is 5. The van der Waals surface area contributed by atoms with Gasteiger partial charge in [0, 0.05) is 37.3 Å². The summed E-state index contributed by atoms with van der Waals surface area (Å²) in [5, 5.41) is 8.11. The van der Waals surface area contributed by atoms with E-state index >= 15 is 0 Å². The van der Waals surface area contributed by atoms with E-state index in [1.165, 1.54) is 0 Å².